The van der Waals surface area contributed by atoms with Gasteiger partial charge in [0.25, 0.3) is 0 Å². The smallest absolute Gasteiger partial charge is 0.147 e. The quantitative estimate of drug-likeness (QED) is 0.623. The molecule has 6 heteroatoms. The molecule has 0 atom stereocenters. The lowest BCUT2D eigenvalue weighted by Crippen LogP contribution is -2.08. The number of ether oxygens (including phenoxy) is 1. The van der Waals surface area contributed by atoms with Crippen molar-refractivity contribution in [2.24, 2.45) is 0 Å². The highest BCUT2D eigenvalue weighted by Crippen LogP contribution is 2.22. The second-order valence-corrected chi connectivity index (χ2v) is 5.96. The molecule has 1 aromatic carbocycles. The predicted octanol–water partition coefficient (Wildman–Crippen LogP) is 0.954. The molecular weight excluding hydrogens is 240 g/mol. The Kier molecular flexibility index (Phi) is 4.35. The van der Waals surface area contributed by atoms with E-state index in [0.717, 1.165) is 0 Å². The van der Waals surface area contributed by atoms with Crippen molar-refractivity contribution in [2.75, 3.05) is 24.3 Å². The van der Waals surface area contributed by atoms with E-state index in [4.69, 9.17) is 15.7 Å². The first-order valence-corrected chi connectivity index (χ1v) is 7.08. The highest BCUT2D eigenvalue weighted by atomic mass is 32.2. The Morgan fingerprint density at radius 3 is 2.71 bits per heavy atom. The largest absolute Gasteiger partial charge is 0.491 e. The number of sulfone groups is 1. The summed E-state index contributed by atoms with van der Waals surface area (Å²) in [7, 11) is -2.95. The molecule has 0 aliphatic carbocycles. The Bertz CT molecular complexity index is 532. The topological polar surface area (TPSA) is 93.2 Å². The normalized spacial score (nSPS) is 10.8. The van der Waals surface area contributed by atoms with Crippen LogP contribution in [0.25, 0.3) is 0 Å². The molecule has 0 spiro atoms. The van der Waals surface area contributed by atoms with E-state index in [9.17, 15) is 8.42 Å². The van der Waals surface area contributed by atoms with E-state index in [1.165, 1.54) is 12.3 Å². The van der Waals surface area contributed by atoms with Crippen LogP contribution in [-0.4, -0.2) is 27.0 Å². The molecule has 5 nitrogen and oxygen atoms in total. The lowest BCUT2D eigenvalue weighted by molar-refractivity contribution is 0.319. The first kappa shape index (κ1) is 13.3. The minimum Gasteiger partial charge on any atom is -0.491 e. The third-order valence-corrected chi connectivity index (χ3v) is 3.09. The van der Waals surface area contributed by atoms with Gasteiger partial charge in [0.2, 0.25) is 0 Å². The Labute approximate surface area is 101 Å². The molecule has 0 saturated carbocycles. The number of hydrogen-bond acceptors (Lipinski definition) is 5. The minimum atomic E-state index is -2.95. The van der Waals surface area contributed by atoms with Gasteiger partial charge in [-0.15, -0.1) is 0 Å². The van der Waals surface area contributed by atoms with Gasteiger partial charge in [0, 0.05) is 6.26 Å². The monoisotopic (exact) mass is 254 g/mol. The predicted molar refractivity (Wildman–Crippen MR) is 65.4 cm³/mol. The average molecular weight is 254 g/mol. The first-order chi connectivity index (χ1) is 7.92. The van der Waals surface area contributed by atoms with Crippen LogP contribution in [0, 0.1) is 11.3 Å². The number of nitriles is 1. The van der Waals surface area contributed by atoms with E-state index < -0.39 is 9.84 Å². The van der Waals surface area contributed by atoms with Crippen molar-refractivity contribution in [1.82, 2.24) is 0 Å². The van der Waals surface area contributed by atoms with E-state index >= 15 is 0 Å². The molecule has 1 rings (SSSR count). The standard InChI is InChI=1S/C11H14N2O3S/c1-17(14,15)6-2-5-16-11-4-3-9(8-12)7-10(11)13/h3-4,7H,2,5-6,13H2,1H3. The molecule has 0 amide bonds. The van der Waals surface area contributed by atoms with E-state index in [1.807, 2.05) is 6.07 Å². The molecule has 17 heavy (non-hydrogen) atoms. The Hall–Kier alpha value is -1.74. The molecule has 0 aliphatic heterocycles. The minimum absolute atomic E-state index is 0.0865. The Balaban J connectivity index is 2.51. The van der Waals surface area contributed by atoms with Crippen LogP contribution in [-0.2, 0) is 9.84 Å². The number of rotatable bonds is 5. The van der Waals surface area contributed by atoms with E-state index in [2.05, 4.69) is 0 Å². The van der Waals surface area contributed by atoms with Crippen molar-refractivity contribution < 1.29 is 13.2 Å². The maximum Gasteiger partial charge on any atom is 0.147 e. The van der Waals surface area contributed by atoms with E-state index in [-0.39, 0.29) is 12.4 Å². The molecule has 0 saturated heterocycles. The van der Waals surface area contributed by atoms with Crippen molar-refractivity contribution in [1.29, 1.82) is 5.26 Å². The maximum atomic E-state index is 10.9. The molecule has 0 radical (unpaired) electrons. The second-order valence-electron chi connectivity index (χ2n) is 3.70. The zero-order valence-electron chi connectivity index (χ0n) is 9.51. The molecule has 0 fully saturated rings. The fraction of sp³-hybridized carbons (Fsp3) is 0.364. The molecule has 0 aliphatic rings. The summed E-state index contributed by atoms with van der Waals surface area (Å²) in [6.45, 7) is 0.281. The van der Waals surface area contributed by atoms with E-state index in [1.54, 1.807) is 12.1 Å². The molecule has 0 bridgehead atoms. The van der Waals surface area contributed by atoms with Crippen LogP contribution in [0.15, 0.2) is 18.2 Å². The van der Waals surface area contributed by atoms with Crippen LogP contribution in [0.4, 0.5) is 5.69 Å². The summed E-state index contributed by atoms with van der Waals surface area (Å²) in [5.74, 6) is 0.556. The second kappa shape index (κ2) is 5.55. The summed E-state index contributed by atoms with van der Waals surface area (Å²) in [4.78, 5) is 0. The van der Waals surface area contributed by atoms with Crippen molar-refractivity contribution >= 4 is 15.5 Å². The van der Waals surface area contributed by atoms with Crippen LogP contribution in [0.1, 0.15) is 12.0 Å². The number of benzene rings is 1. The highest BCUT2D eigenvalue weighted by molar-refractivity contribution is 7.90. The summed E-state index contributed by atoms with van der Waals surface area (Å²) in [6, 6.07) is 6.69. The first-order valence-electron chi connectivity index (χ1n) is 5.02. The summed E-state index contributed by atoms with van der Waals surface area (Å²) in [6.07, 6.45) is 1.60. The summed E-state index contributed by atoms with van der Waals surface area (Å²) in [5.41, 5.74) is 6.51. The zero-order valence-corrected chi connectivity index (χ0v) is 10.3. The fourth-order valence-electron chi connectivity index (χ4n) is 1.25. The van der Waals surface area contributed by atoms with Crippen LogP contribution in [0.3, 0.4) is 0 Å². The number of hydrogen-bond donors (Lipinski definition) is 1. The molecule has 92 valence electrons. The van der Waals surface area contributed by atoms with Gasteiger partial charge in [-0.1, -0.05) is 0 Å². The number of nitrogens with zero attached hydrogens (tertiary/aromatic N) is 1. The number of nitrogen functional groups attached to an aromatic ring is 1. The third-order valence-electron chi connectivity index (χ3n) is 2.06. The van der Waals surface area contributed by atoms with Gasteiger partial charge in [-0.3, -0.25) is 0 Å². The van der Waals surface area contributed by atoms with Gasteiger partial charge in [0.05, 0.1) is 29.7 Å². The van der Waals surface area contributed by atoms with Crippen LogP contribution in [0.5, 0.6) is 5.75 Å². The number of anilines is 1. The SMILES string of the molecule is CS(=O)(=O)CCCOc1ccc(C#N)cc1N. The zero-order chi connectivity index (χ0) is 12.9. The van der Waals surface area contributed by atoms with E-state index in [0.29, 0.717) is 23.4 Å². The van der Waals surface area contributed by atoms with Gasteiger partial charge >= 0.3 is 0 Å². The number of nitrogens with two attached hydrogens (primary N) is 1. The van der Waals surface area contributed by atoms with Crippen molar-refractivity contribution in [3.63, 3.8) is 0 Å². The molecule has 2 N–H and O–H groups in total. The molecular formula is C11H14N2O3S. The summed E-state index contributed by atoms with van der Waals surface area (Å²) < 4.78 is 27.1. The molecule has 1 aromatic rings. The summed E-state index contributed by atoms with van der Waals surface area (Å²) in [5, 5.41) is 8.64. The van der Waals surface area contributed by atoms with Gasteiger partial charge in [0.15, 0.2) is 0 Å². The van der Waals surface area contributed by atoms with Crippen LogP contribution >= 0.6 is 0 Å². The molecule has 0 heterocycles. The highest BCUT2D eigenvalue weighted by Gasteiger charge is 2.04. The van der Waals surface area contributed by atoms with Crippen molar-refractivity contribution in [2.45, 2.75) is 6.42 Å². The summed E-state index contributed by atoms with van der Waals surface area (Å²) >= 11 is 0. The van der Waals surface area contributed by atoms with Gasteiger partial charge in [-0.2, -0.15) is 5.26 Å². The van der Waals surface area contributed by atoms with Crippen LogP contribution < -0.4 is 10.5 Å². The fourth-order valence-corrected chi connectivity index (χ4v) is 1.89. The van der Waals surface area contributed by atoms with Crippen LogP contribution in [0.2, 0.25) is 0 Å². The average Bonchev–Trinajstić information content (AvgIpc) is 2.24. The van der Waals surface area contributed by atoms with Crippen molar-refractivity contribution in [3.8, 4) is 11.8 Å². The molecule has 0 unspecified atom stereocenters. The maximum absolute atomic E-state index is 10.9. The lowest BCUT2D eigenvalue weighted by atomic mass is 10.2. The van der Waals surface area contributed by atoms with Gasteiger partial charge < -0.3 is 10.5 Å². The third kappa shape index (κ3) is 4.74. The van der Waals surface area contributed by atoms with Crippen molar-refractivity contribution in [3.05, 3.63) is 23.8 Å². The molecule has 0 aromatic heterocycles. The Morgan fingerprint density at radius 2 is 2.18 bits per heavy atom. The Morgan fingerprint density at radius 1 is 1.47 bits per heavy atom. The van der Waals surface area contributed by atoms with Gasteiger partial charge in [-0.05, 0) is 24.6 Å². The lowest BCUT2D eigenvalue weighted by Gasteiger charge is -2.08. The van der Waals surface area contributed by atoms with Gasteiger partial charge in [0.1, 0.15) is 15.6 Å². The van der Waals surface area contributed by atoms with Gasteiger partial charge in [-0.25, -0.2) is 8.42 Å².